The zero-order valence-corrected chi connectivity index (χ0v) is 15.8. The number of aliphatic imine (C=N–C) groups is 1. The number of hydrogen-bond acceptors (Lipinski definition) is 1. The number of benzene rings is 1. The average Bonchev–Trinajstić information content (AvgIpc) is 2.37. The Bertz CT molecular complexity index is 377. The van der Waals surface area contributed by atoms with Gasteiger partial charge in [0.15, 0.2) is 0 Å². The molecule has 1 aromatic carbocycles. The molecule has 1 radical (unpaired) electrons. The molecule has 0 bridgehead atoms. The maximum atomic E-state index is 5.66. The molecule has 19 heavy (non-hydrogen) atoms. The summed E-state index contributed by atoms with van der Waals surface area (Å²) in [6.07, 6.45) is 2.64. The first kappa shape index (κ1) is 21.0. The van der Waals surface area contributed by atoms with E-state index < -0.39 is 0 Å². The van der Waals surface area contributed by atoms with Gasteiger partial charge in [0.2, 0.25) is 0 Å². The summed E-state index contributed by atoms with van der Waals surface area (Å²) in [5.41, 5.74) is 7.68. The number of nitrogens with two attached hydrogens (primary N) is 1. The Morgan fingerprint density at radius 2 is 1.79 bits per heavy atom. The quantitative estimate of drug-likeness (QED) is 0.493. The molecule has 0 aromatic heterocycles. The van der Waals surface area contributed by atoms with Crippen LogP contribution in [-0.4, -0.2) is 5.84 Å². The van der Waals surface area contributed by atoms with Crippen molar-refractivity contribution < 1.29 is 32.7 Å². The van der Waals surface area contributed by atoms with Gasteiger partial charge in [-0.1, -0.05) is 47.5 Å². The number of hydrogen-bond donors (Lipinski definition) is 1. The Labute approximate surface area is 144 Å². The Kier molecular flexibility index (Phi) is 11.5. The van der Waals surface area contributed by atoms with E-state index in [1.54, 1.807) is 0 Å². The fourth-order valence-electron chi connectivity index (χ4n) is 1.14. The third-order valence-corrected chi connectivity index (χ3v) is 2.55. The van der Waals surface area contributed by atoms with Gasteiger partial charge in [-0.2, -0.15) is 0 Å². The Hall–Kier alpha value is -0.336. The van der Waals surface area contributed by atoms with E-state index in [1.807, 2.05) is 18.2 Å². The van der Waals surface area contributed by atoms with Crippen LogP contribution in [0.3, 0.4) is 0 Å². The summed E-state index contributed by atoms with van der Waals surface area (Å²) in [5.74, 6) is 0.427. The van der Waals surface area contributed by atoms with Crippen molar-refractivity contribution in [2.75, 3.05) is 0 Å². The standard InChI is InChI=1S/C12H16N2.C4H10.Y/c1-12(2,3)10-7-5-6-9(8-10)11(13)14-4;1-3-4-2;/h5-7H,4H2,1-3H3,(H2,13,14);3-4H2,1-2H3;/q-2;;. The first-order valence-electron chi connectivity index (χ1n) is 6.49. The van der Waals surface area contributed by atoms with Gasteiger partial charge < -0.3 is 10.7 Å². The minimum absolute atomic E-state index is 0. The van der Waals surface area contributed by atoms with Gasteiger partial charge in [0.25, 0.3) is 0 Å². The Morgan fingerprint density at radius 1 is 1.26 bits per heavy atom. The smallest absolute Gasteiger partial charge is 0.0269 e. The van der Waals surface area contributed by atoms with Gasteiger partial charge in [-0.05, 0) is 5.41 Å². The first-order chi connectivity index (χ1) is 8.36. The predicted octanol–water partition coefficient (Wildman–Crippen LogP) is 4.09. The van der Waals surface area contributed by atoms with Gasteiger partial charge in [-0.3, -0.25) is 0 Å². The normalized spacial score (nSPS) is 11.1. The van der Waals surface area contributed by atoms with Gasteiger partial charge >= 0.3 is 0 Å². The van der Waals surface area contributed by atoms with E-state index in [2.05, 4.69) is 52.7 Å². The van der Waals surface area contributed by atoms with Gasteiger partial charge in [-0.25, -0.2) is 0 Å². The molecule has 1 aromatic rings. The molecule has 2 N–H and O–H groups in total. The van der Waals surface area contributed by atoms with Crippen molar-refractivity contribution in [2.45, 2.75) is 52.9 Å². The number of unbranched alkanes of at least 4 members (excludes halogenated alkanes) is 1. The molecular weight excluding hydrogens is 309 g/mol. The average molecular weight is 335 g/mol. The molecule has 0 fully saturated rings. The molecule has 0 unspecified atom stereocenters. The minimum atomic E-state index is 0. The molecule has 1 rings (SSSR count). The predicted molar refractivity (Wildman–Crippen MR) is 80.6 cm³/mol. The summed E-state index contributed by atoms with van der Waals surface area (Å²) in [7, 11) is 3.40. The largest absolute Gasteiger partial charge is 0.423 e. The van der Waals surface area contributed by atoms with Crippen molar-refractivity contribution in [2.24, 2.45) is 10.7 Å². The maximum Gasteiger partial charge on any atom is 0.0269 e. The number of rotatable bonds is 2. The molecule has 0 aliphatic carbocycles. The second-order valence-corrected chi connectivity index (χ2v) is 5.27. The molecule has 0 amide bonds. The van der Waals surface area contributed by atoms with Crippen LogP contribution in [0.2, 0.25) is 0 Å². The van der Waals surface area contributed by atoms with Crippen LogP contribution in [0.25, 0.3) is 0 Å². The second kappa shape index (κ2) is 10.5. The van der Waals surface area contributed by atoms with E-state index in [0.717, 1.165) is 11.1 Å². The van der Waals surface area contributed by atoms with Gasteiger partial charge in [0, 0.05) is 38.5 Å². The van der Waals surface area contributed by atoms with E-state index in [9.17, 15) is 0 Å². The van der Waals surface area contributed by atoms with E-state index in [0.29, 0.717) is 5.84 Å². The van der Waals surface area contributed by atoms with Crippen molar-refractivity contribution in [3.05, 3.63) is 42.4 Å². The van der Waals surface area contributed by atoms with Crippen LogP contribution < -0.4 is 5.73 Å². The summed E-state index contributed by atoms with van der Waals surface area (Å²) in [6.45, 7) is 10.8. The molecule has 3 heteroatoms. The van der Waals surface area contributed by atoms with Crippen LogP contribution in [-0.2, 0) is 38.1 Å². The molecule has 0 atom stereocenters. The van der Waals surface area contributed by atoms with Crippen LogP contribution in [0.5, 0.6) is 0 Å². The van der Waals surface area contributed by atoms with Crippen LogP contribution in [0, 0.1) is 13.1 Å². The molecule has 0 saturated carbocycles. The topological polar surface area (TPSA) is 38.4 Å². The third-order valence-electron chi connectivity index (χ3n) is 2.55. The monoisotopic (exact) mass is 335 g/mol. The molecule has 105 valence electrons. The molecule has 2 nitrogen and oxygen atoms in total. The molecule has 0 heterocycles. The zero-order valence-electron chi connectivity index (χ0n) is 13.0. The molecule has 0 aliphatic heterocycles. The molecule has 0 saturated heterocycles. The molecular formula is C16H26N2Y-2. The molecule has 0 spiro atoms. The van der Waals surface area contributed by atoms with E-state index in [4.69, 9.17) is 5.73 Å². The third kappa shape index (κ3) is 8.44. The van der Waals surface area contributed by atoms with Crippen LogP contribution >= 0.6 is 0 Å². The maximum absolute atomic E-state index is 5.66. The Balaban J connectivity index is 0. The summed E-state index contributed by atoms with van der Waals surface area (Å²) in [5, 5.41) is 0. The van der Waals surface area contributed by atoms with Gasteiger partial charge in [0.1, 0.15) is 0 Å². The van der Waals surface area contributed by atoms with E-state index in [1.165, 1.54) is 12.8 Å². The Morgan fingerprint density at radius 3 is 2.16 bits per heavy atom. The number of nitrogens with zero attached hydrogens (tertiary/aromatic N) is 1. The van der Waals surface area contributed by atoms with Crippen LogP contribution in [0.4, 0.5) is 0 Å². The summed E-state index contributed by atoms with van der Waals surface area (Å²) < 4.78 is 0. The first-order valence-corrected chi connectivity index (χ1v) is 6.49. The van der Waals surface area contributed by atoms with E-state index >= 15 is 0 Å². The van der Waals surface area contributed by atoms with Crippen LogP contribution in [0.15, 0.2) is 23.2 Å². The van der Waals surface area contributed by atoms with Crippen molar-refractivity contribution in [1.82, 2.24) is 0 Å². The fraction of sp³-hybridized carbons (Fsp3) is 0.500. The second-order valence-electron chi connectivity index (χ2n) is 5.27. The number of amidine groups is 1. The van der Waals surface area contributed by atoms with Crippen molar-refractivity contribution in [3.63, 3.8) is 0 Å². The minimum Gasteiger partial charge on any atom is -0.423 e. The van der Waals surface area contributed by atoms with Crippen LogP contribution in [0.1, 0.15) is 58.6 Å². The van der Waals surface area contributed by atoms with Gasteiger partial charge in [-0.15, -0.1) is 42.4 Å². The SMILES string of the molecule is CCCC.[CH2-]N=C(N)c1[c-]c(C(C)(C)C)ccc1.[Y]. The summed E-state index contributed by atoms with van der Waals surface area (Å²) in [6, 6.07) is 9.13. The fourth-order valence-corrected chi connectivity index (χ4v) is 1.14. The zero-order chi connectivity index (χ0) is 14.2. The summed E-state index contributed by atoms with van der Waals surface area (Å²) >= 11 is 0. The van der Waals surface area contributed by atoms with Crippen molar-refractivity contribution in [3.8, 4) is 0 Å². The van der Waals surface area contributed by atoms with Gasteiger partial charge in [0.05, 0.1) is 0 Å². The van der Waals surface area contributed by atoms with E-state index in [-0.39, 0.29) is 38.1 Å². The van der Waals surface area contributed by atoms with Crippen molar-refractivity contribution in [1.29, 1.82) is 0 Å². The van der Waals surface area contributed by atoms with Crippen molar-refractivity contribution >= 4 is 5.84 Å². The summed E-state index contributed by atoms with van der Waals surface area (Å²) in [4.78, 5) is 3.70. The molecule has 0 aliphatic rings.